The van der Waals surface area contributed by atoms with Crippen molar-refractivity contribution in [2.75, 3.05) is 0 Å². The normalized spacial score (nSPS) is 23.3. The average Bonchev–Trinajstić information content (AvgIpc) is 3.00. The third-order valence-corrected chi connectivity index (χ3v) is 11.2. The van der Waals surface area contributed by atoms with E-state index in [1.165, 1.54) is 0 Å². The molecule has 0 aromatic heterocycles. The van der Waals surface area contributed by atoms with Crippen molar-refractivity contribution in [1.82, 2.24) is 10.1 Å². The number of hydrogen-bond acceptors (Lipinski definition) is 6. The number of amidine groups is 2. The number of fused-ring (bicyclic) bond motifs is 2. The Bertz CT molecular complexity index is 1260. The summed E-state index contributed by atoms with van der Waals surface area (Å²) in [6.07, 6.45) is 0. The van der Waals surface area contributed by atoms with Gasteiger partial charge in [-0.2, -0.15) is 0 Å². The van der Waals surface area contributed by atoms with Crippen molar-refractivity contribution in [2.45, 2.75) is 97.1 Å². The van der Waals surface area contributed by atoms with Crippen LogP contribution in [0.2, 0.25) is 0 Å². The van der Waals surface area contributed by atoms with Gasteiger partial charge in [-0.15, -0.1) is 0 Å². The molecule has 3 aliphatic heterocycles. The minimum Gasteiger partial charge on any atom is -0.714 e. The van der Waals surface area contributed by atoms with Gasteiger partial charge in [0.15, 0.2) is 11.1 Å². The molecule has 0 N–H and O–H groups in total. The second-order valence-electron chi connectivity index (χ2n) is 11.6. The smallest absolute Gasteiger partial charge is 0.316 e. The summed E-state index contributed by atoms with van der Waals surface area (Å²) in [6.45, 7) is 14.3. The topological polar surface area (TPSA) is 98.4 Å². The Morgan fingerprint density at radius 1 is 0.694 bits per heavy atom. The van der Waals surface area contributed by atoms with Gasteiger partial charge in [0, 0.05) is 22.5 Å². The van der Waals surface area contributed by atoms with Gasteiger partial charge in [-0.1, -0.05) is 21.9 Å². The highest BCUT2D eigenvalue weighted by atomic mass is 32.2. The molecule has 2 aromatic carbocycles. The fraction of sp³-hybridized carbons (Fsp3) is 0.462. The second kappa shape index (κ2) is 7.56. The Morgan fingerprint density at radius 2 is 1.17 bits per heavy atom. The molecule has 0 amide bonds. The number of rotatable bonds is 2. The number of hydroxylamine groups is 6. The van der Waals surface area contributed by atoms with Gasteiger partial charge >= 0.3 is 11.7 Å². The highest BCUT2D eigenvalue weighted by Gasteiger charge is 2.61. The van der Waals surface area contributed by atoms with Gasteiger partial charge in [0.2, 0.25) is 9.79 Å². The van der Waals surface area contributed by atoms with Crippen LogP contribution >= 0.6 is 11.8 Å². The predicted octanol–water partition coefficient (Wildman–Crippen LogP) is 4.60. The quantitative estimate of drug-likeness (QED) is 0.275. The van der Waals surface area contributed by atoms with Crippen LogP contribution in [0.1, 0.15) is 66.5 Å². The Kier molecular flexibility index (Phi) is 5.31. The maximum Gasteiger partial charge on any atom is 0.316 e. The summed E-state index contributed by atoms with van der Waals surface area (Å²) in [5.41, 5.74) is -2.34. The summed E-state index contributed by atoms with van der Waals surface area (Å²) in [6, 6.07) is 11.2. The fourth-order valence-corrected chi connectivity index (χ4v) is 6.82. The molecule has 8 nitrogen and oxygen atoms in total. The van der Waals surface area contributed by atoms with E-state index in [4.69, 9.17) is 0 Å². The molecule has 0 aliphatic carbocycles. The third kappa shape index (κ3) is 3.11. The molecular weight excluding hydrogens is 496 g/mol. The van der Waals surface area contributed by atoms with Crippen LogP contribution in [0.3, 0.4) is 0 Å². The molecule has 0 bridgehead atoms. The van der Waals surface area contributed by atoms with Crippen molar-refractivity contribution in [3.63, 3.8) is 0 Å². The lowest BCUT2D eigenvalue weighted by Crippen LogP contribution is -2.53. The van der Waals surface area contributed by atoms with Gasteiger partial charge in [0.1, 0.15) is 11.1 Å². The number of benzene rings is 2. The Labute approximate surface area is 220 Å². The van der Waals surface area contributed by atoms with Crippen LogP contribution in [0.25, 0.3) is 0 Å². The minimum absolute atomic E-state index is 0.119. The first-order chi connectivity index (χ1) is 16.5. The molecule has 0 atom stereocenters. The third-order valence-electron chi connectivity index (χ3n) is 8.64. The number of hydrogen-bond donors (Lipinski definition) is 0. The molecule has 3 radical (unpaired) electrons. The van der Waals surface area contributed by atoms with Gasteiger partial charge < -0.3 is 10.4 Å². The molecule has 3 heterocycles. The maximum atomic E-state index is 13.1. The fourth-order valence-electron chi connectivity index (χ4n) is 4.55. The molecule has 0 saturated carbocycles. The molecule has 10 heteroatoms. The highest BCUT2D eigenvalue weighted by Crippen LogP contribution is 2.44. The van der Waals surface area contributed by atoms with E-state index in [1.807, 2.05) is 24.3 Å². The van der Waals surface area contributed by atoms with Crippen molar-refractivity contribution in [3.8, 4) is 0 Å². The number of nitrogens with zero attached hydrogens (tertiary/aromatic N) is 4. The Hall–Kier alpha value is -2.40. The van der Waals surface area contributed by atoms with Gasteiger partial charge in [-0.05, 0) is 79.7 Å². The Balaban J connectivity index is 1.50. The average molecular weight is 527 g/mol. The monoisotopic (exact) mass is 526 g/mol. The zero-order valence-corrected chi connectivity index (χ0v) is 23.3. The van der Waals surface area contributed by atoms with Gasteiger partial charge in [-0.25, -0.2) is 0 Å². The van der Waals surface area contributed by atoms with E-state index >= 15 is 0 Å². The zero-order valence-electron chi connectivity index (χ0n) is 21.7. The first-order valence-corrected chi connectivity index (χ1v) is 13.4. The molecular formula is C26H30N4O4S2+. The van der Waals surface area contributed by atoms with Crippen molar-refractivity contribution in [2.24, 2.45) is 0 Å². The van der Waals surface area contributed by atoms with Crippen LogP contribution in [0, 0.1) is 10.4 Å². The summed E-state index contributed by atoms with van der Waals surface area (Å²) in [5.74, 6) is 0.238. The van der Waals surface area contributed by atoms with Gasteiger partial charge in [0.05, 0.1) is 20.9 Å². The van der Waals surface area contributed by atoms with E-state index < -0.39 is 22.2 Å². The van der Waals surface area contributed by atoms with E-state index in [2.05, 4.69) is 0 Å². The molecule has 0 spiro atoms. The van der Waals surface area contributed by atoms with Crippen molar-refractivity contribution < 1.29 is 19.9 Å². The molecule has 2 aromatic rings. The minimum atomic E-state index is -0.878. The van der Waals surface area contributed by atoms with E-state index in [-0.39, 0.29) is 11.7 Å². The molecule has 0 saturated heterocycles. The standard InChI is InChI=1S/C26H30N4O4S2/c1-23(2)24(3,4)28(32)21(27(23)31)15-9-11-17-19(13-15)35-18-12-10-16(14-20(18)36-17)22-29(33)25(5,6)26(7,8)30(22)34/h9-14H,1-8H3/q+1. The summed E-state index contributed by atoms with van der Waals surface area (Å²) in [7, 11) is 0. The van der Waals surface area contributed by atoms with Crippen LogP contribution in [0.5, 0.6) is 0 Å². The molecule has 189 valence electrons. The van der Waals surface area contributed by atoms with E-state index in [0.717, 1.165) is 39.2 Å². The molecule has 36 heavy (non-hydrogen) atoms. The van der Waals surface area contributed by atoms with Gasteiger partial charge in [0.25, 0.3) is 11.8 Å². The molecule has 3 aliphatic rings. The lowest BCUT2D eigenvalue weighted by molar-refractivity contribution is -0.539. The van der Waals surface area contributed by atoms with Crippen LogP contribution < -0.4 is 0 Å². The predicted molar refractivity (Wildman–Crippen MR) is 138 cm³/mol. The second-order valence-corrected chi connectivity index (χ2v) is 13.8. The first-order valence-electron chi connectivity index (χ1n) is 11.8. The first kappa shape index (κ1) is 25.3. The van der Waals surface area contributed by atoms with Crippen LogP contribution in [-0.2, 0) is 22.2 Å². The van der Waals surface area contributed by atoms with Crippen LogP contribution in [0.4, 0.5) is 0 Å². The lowest BCUT2D eigenvalue weighted by Gasteiger charge is -2.32. The summed E-state index contributed by atoms with van der Waals surface area (Å²) < 4.78 is 1.65. The lowest BCUT2D eigenvalue weighted by atomic mass is 9.84. The zero-order chi connectivity index (χ0) is 26.6. The SMILES string of the molecule is CC1(C)N([O])C(c2ccc3c(c2)Sc2ccc(C4=[N+]([O-])C(C)(C)C(C)(C)N4[O])cc2[S+]3)=[N+]([O-])C1(C)C. The molecule has 0 fully saturated rings. The highest BCUT2D eigenvalue weighted by molar-refractivity contribution is 8.00. The van der Waals surface area contributed by atoms with Gasteiger partial charge in [-0.3, -0.25) is 9.48 Å². The van der Waals surface area contributed by atoms with Crippen molar-refractivity contribution in [3.05, 3.63) is 57.9 Å². The van der Waals surface area contributed by atoms with E-state index in [0.29, 0.717) is 11.1 Å². The van der Waals surface area contributed by atoms with Crippen molar-refractivity contribution >= 4 is 35.2 Å². The summed E-state index contributed by atoms with van der Waals surface area (Å²) in [5, 5.41) is 54.0. The van der Waals surface area contributed by atoms with E-state index in [1.54, 1.807) is 91.0 Å². The maximum absolute atomic E-state index is 13.1. The molecule has 0 unspecified atom stereocenters. The Morgan fingerprint density at radius 3 is 1.64 bits per heavy atom. The molecule has 5 rings (SSSR count). The van der Waals surface area contributed by atoms with Crippen molar-refractivity contribution in [1.29, 1.82) is 0 Å². The summed E-state index contributed by atoms with van der Waals surface area (Å²) in [4.78, 5) is 3.86. The van der Waals surface area contributed by atoms with Crippen LogP contribution in [0.15, 0.2) is 56.0 Å². The van der Waals surface area contributed by atoms with E-state index in [9.17, 15) is 20.8 Å². The summed E-state index contributed by atoms with van der Waals surface area (Å²) >= 11 is 3.08. The van der Waals surface area contributed by atoms with Crippen LogP contribution in [-0.4, -0.2) is 53.4 Å². The largest absolute Gasteiger partial charge is 0.714 e.